The molecule has 1 heterocycles. The van der Waals surface area contributed by atoms with Gasteiger partial charge in [-0.3, -0.25) is 0 Å². The van der Waals surface area contributed by atoms with Crippen LogP contribution in [0.15, 0.2) is 12.5 Å². The van der Waals surface area contributed by atoms with Crippen LogP contribution in [-0.4, -0.2) is 16.2 Å². The average molecular weight is 266 g/mol. The van der Waals surface area contributed by atoms with Crippen molar-refractivity contribution in [1.29, 1.82) is 0 Å². The van der Waals surface area contributed by atoms with E-state index in [1.165, 1.54) is 0 Å². The zero-order valence-corrected chi connectivity index (χ0v) is 8.61. The summed E-state index contributed by atoms with van der Waals surface area (Å²) >= 11 is 2.17. The Labute approximate surface area is 79.9 Å². The summed E-state index contributed by atoms with van der Waals surface area (Å²) in [5.74, 6) is 0. The van der Waals surface area contributed by atoms with Crippen molar-refractivity contribution in [3.8, 4) is 0 Å². The van der Waals surface area contributed by atoms with Crippen LogP contribution < -0.4 is 0 Å². The SMILES string of the molecule is CCCOCn1cnc(I)c1. The first-order valence-electron chi connectivity index (χ1n) is 3.58. The van der Waals surface area contributed by atoms with Crippen molar-refractivity contribution in [3.63, 3.8) is 0 Å². The van der Waals surface area contributed by atoms with Gasteiger partial charge in [0.05, 0.1) is 6.33 Å². The molecule has 0 radical (unpaired) electrons. The zero-order chi connectivity index (χ0) is 8.10. The smallest absolute Gasteiger partial charge is 0.123 e. The Bertz CT molecular complexity index is 212. The fourth-order valence-electron chi connectivity index (χ4n) is 0.718. The van der Waals surface area contributed by atoms with Crippen LogP contribution in [0.4, 0.5) is 0 Å². The van der Waals surface area contributed by atoms with Crippen LogP contribution in [0.1, 0.15) is 13.3 Å². The second kappa shape index (κ2) is 4.71. The first kappa shape index (κ1) is 8.99. The van der Waals surface area contributed by atoms with Gasteiger partial charge >= 0.3 is 0 Å². The fourth-order valence-corrected chi connectivity index (χ4v) is 1.20. The molecule has 0 bridgehead atoms. The second-order valence-corrected chi connectivity index (χ2v) is 3.35. The van der Waals surface area contributed by atoms with Gasteiger partial charge in [-0.2, -0.15) is 0 Å². The van der Waals surface area contributed by atoms with E-state index < -0.39 is 0 Å². The molecule has 62 valence electrons. The quantitative estimate of drug-likeness (QED) is 0.614. The molecular formula is C7H11IN2O. The second-order valence-electron chi connectivity index (χ2n) is 2.25. The molecule has 0 aliphatic heterocycles. The van der Waals surface area contributed by atoms with Crippen molar-refractivity contribution in [3.05, 3.63) is 16.2 Å². The van der Waals surface area contributed by atoms with E-state index in [9.17, 15) is 0 Å². The summed E-state index contributed by atoms with van der Waals surface area (Å²) in [5, 5.41) is 0. The van der Waals surface area contributed by atoms with Crippen molar-refractivity contribution in [2.75, 3.05) is 6.61 Å². The highest BCUT2D eigenvalue weighted by Crippen LogP contribution is 1.99. The van der Waals surface area contributed by atoms with Gasteiger partial charge in [0.15, 0.2) is 0 Å². The lowest BCUT2D eigenvalue weighted by Gasteiger charge is -2.01. The Morgan fingerprint density at radius 1 is 1.73 bits per heavy atom. The number of halogens is 1. The Morgan fingerprint density at radius 2 is 2.55 bits per heavy atom. The molecule has 1 rings (SSSR count). The van der Waals surface area contributed by atoms with Crippen molar-refractivity contribution in [2.24, 2.45) is 0 Å². The van der Waals surface area contributed by atoms with Crippen LogP contribution in [0, 0.1) is 3.70 Å². The van der Waals surface area contributed by atoms with E-state index in [0.29, 0.717) is 6.73 Å². The summed E-state index contributed by atoms with van der Waals surface area (Å²) < 4.78 is 8.23. The molecule has 0 saturated carbocycles. The number of aromatic nitrogens is 2. The van der Waals surface area contributed by atoms with Crippen molar-refractivity contribution >= 4 is 22.6 Å². The van der Waals surface area contributed by atoms with Crippen molar-refractivity contribution in [1.82, 2.24) is 9.55 Å². The van der Waals surface area contributed by atoms with Gasteiger partial charge in [-0.05, 0) is 29.0 Å². The highest BCUT2D eigenvalue weighted by Gasteiger charge is 1.92. The Morgan fingerprint density at radius 3 is 3.09 bits per heavy atom. The van der Waals surface area contributed by atoms with E-state index >= 15 is 0 Å². The van der Waals surface area contributed by atoms with Crippen LogP contribution in [-0.2, 0) is 11.5 Å². The summed E-state index contributed by atoms with van der Waals surface area (Å²) in [6.45, 7) is 3.52. The summed E-state index contributed by atoms with van der Waals surface area (Å²) in [6, 6.07) is 0. The third-order valence-electron chi connectivity index (χ3n) is 1.19. The number of hydrogen-bond donors (Lipinski definition) is 0. The molecule has 0 aliphatic rings. The molecule has 1 aromatic rings. The van der Waals surface area contributed by atoms with Crippen molar-refractivity contribution < 1.29 is 4.74 Å². The lowest BCUT2D eigenvalue weighted by Crippen LogP contribution is -2.00. The summed E-state index contributed by atoms with van der Waals surface area (Å²) in [5.41, 5.74) is 0. The minimum absolute atomic E-state index is 0.615. The standard InChI is InChI=1S/C7H11IN2O/c1-2-3-11-6-10-4-7(8)9-5-10/h4-5H,2-3,6H2,1H3. The summed E-state index contributed by atoms with van der Waals surface area (Å²) in [6.07, 6.45) is 4.79. The van der Waals surface area contributed by atoms with Gasteiger partial charge in [0.2, 0.25) is 0 Å². The molecule has 0 aliphatic carbocycles. The van der Waals surface area contributed by atoms with Crippen LogP contribution in [0.3, 0.4) is 0 Å². The molecular weight excluding hydrogens is 255 g/mol. The molecule has 0 atom stereocenters. The minimum atomic E-state index is 0.615. The first-order valence-corrected chi connectivity index (χ1v) is 4.66. The normalized spacial score (nSPS) is 10.4. The maximum atomic E-state index is 5.30. The van der Waals surface area contributed by atoms with Gasteiger partial charge in [-0.25, -0.2) is 4.98 Å². The average Bonchev–Trinajstić information content (AvgIpc) is 2.37. The van der Waals surface area contributed by atoms with Gasteiger partial charge in [0, 0.05) is 12.8 Å². The first-order chi connectivity index (χ1) is 5.33. The van der Waals surface area contributed by atoms with Crippen LogP contribution in [0.2, 0.25) is 0 Å². The zero-order valence-electron chi connectivity index (χ0n) is 6.46. The van der Waals surface area contributed by atoms with Crippen LogP contribution >= 0.6 is 22.6 Å². The predicted molar refractivity (Wildman–Crippen MR) is 51.2 cm³/mol. The van der Waals surface area contributed by atoms with Crippen LogP contribution in [0.25, 0.3) is 0 Å². The Kier molecular flexibility index (Phi) is 3.85. The Hall–Kier alpha value is -0.100. The highest BCUT2D eigenvalue weighted by molar-refractivity contribution is 14.1. The van der Waals surface area contributed by atoms with Crippen LogP contribution in [0.5, 0.6) is 0 Å². The van der Waals surface area contributed by atoms with E-state index in [-0.39, 0.29) is 0 Å². The molecule has 1 aromatic heterocycles. The van der Waals surface area contributed by atoms with Gasteiger partial charge in [0.1, 0.15) is 10.4 Å². The number of hydrogen-bond acceptors (Lipinski definition) is 2. The lowest BCUT2D eigenvalue weighted by molar-refractivity contribution is 0.0774. The molecule has 0 unspecified atom stereocenters. The van der Waals surface area contributed by atoms with E-state index in [0.717, 1.165) is 16.7 Å². The van der Waals surface area contributed by atoms with Gasteiger partial charge in [0.25, 0.3) is 0 Å². The van der Waals surface area contributed by atoms with E-state index in [4.69, 9.17) is 4.74 Å². The van der Waals surface area contributed by atoms with Crippen molar-refractivity contribution in [2.45, 2.75) is 20.1 Å². The maximum Gasteiger partial charge on any atom is 0.123 e. The predicted octanol–water partition coefficient (Wildman–Crippen LogP) is 1.87. The van der Waals surface area contributed by atoms with E-state index in [1.54, 1.807) is 6.33 Å². The third-order valence-corrected chi connectivity index (χ3v) is 1.75. The molecule has 0 spiro atoms. The molecule has 0 N–H and O–H groups in total. The van der Waals surface area contributed by atoms with Gasteiger partial charge in [-0.15, -0.1) is 0 Å². The van der Waals surface area contributed by atoms with E-state index in [2.05, 4.69) is 34.5 Å². The lowest BCUT2D eigenvalue weighted by atomic mass is 10.5. The monoisotopic (exact) mass is 266 g/mol. The molecule has 0 aromatic carbocycles. The molecule has 0 fully saturated rings. The number of imidazole rings is 1. The van der Waals surface area contributed by atoms with Gasteiger partial charge < -0.3 is 9.30 Å². The topological polar surface area (TPSA) is 27.1 Å². The molecule has 0 saturated heterocycles. The highest BCUT2D eigenvalue weighted by atomic mass is 127. The summed E-state index contributed by atoms with van der Waals surface area (Å²) in [4.78, 5) is 4.06. The fraction of sp³-hybridized carbons (Fsp3) is 0.571. The third kappa shape index (κ3) is 3.20. The molecule has 4 heteroatoms. The molecule has 0 amide bonds. The molecule has 11 heavy (non-hydrogen) atoms. The minimum Gasteiger partial charge on any atom is -0.361 e. The molecule has 3 nitrogen and oxygen atoms in total. The van der Waals surface area contributed by atoms with Gasteiger partial charge in [-0.1, -0.05) is 6.92 Å². The number of rotatable bonds is 4. The largest absolute Gasteiger partial charge is 0.361 e. The number of nitrogens with zero attached hydrogens (tertiary/aromatic N) is 2. The summed E-state index contributed by atoms with van der Waals surface area (Å²) in [7, 11) is 0. The number of ether oxygens (including phenoxy) is 1. The maximum absolute atomic E-state index is 5.30. The Balaban J connectivity index is 2.27. The van der Waals surface area contributed by atoms with E-state index in [1.807, 2.05) is 10.8 Å².